The van der Waals surface area contributed by atoms with Crippen LogP contribution in [0.5, 0.6) is 0 Å². The SMILES string of the molecule is Cc1c(NS(=O)(=O)c2cnn(C3CCOC3)c2)noc1-c1ccccc1F. The molecule has 0 radical (unpaired) electrons. The summed E-state index contributed by atoms with van der Waals surface area (Å²) >= 11 is 0. The first-order chi connectivity index (χ1) is 13.0. The Kier molecular flexibility index (Phi) is 4.44. The zero-order valence-electron chi connectivity index (χ0n) is 14.4. The lowest BCUT2D eigenvalue weighted by Crippen LogP contribution is -2.14. The molecule has 1 aliphatic heterocycles. The Balaban J connectivity index is 1.59. The summed E-state index contributed by atoms with van der Waals surface area (Å²) in [5.41, 5.74) is 0.599. The predicted molar refractivity (Wildman–Crippen MR) is 94.1 cm³/mol. The maximum absolute atomic E-state index is 14.0. The summed E-state index contributed by atoms with van der Waals surface area (Å²) in [7, 11) is -3.91. The van der Waals surface area contributed by atoms with Gasteiger partial charge in [-0.1, -0.05) is 17.3 Å². The van der Waals surface area contributed by atoms with E-state index >= 15 is 0 Å². The molecule has 1 saturated heterocycles. The molecule has 0 bridgehead atoms. The number of nitrogens with zero attached hydrogens (tertiary/aromatic N) is 3. The molecule has 1 aliphatic rings. The lowest BCUT2D eigenvalue weighted by atomic mass is 10.1. The number of halogens is 1. The third kappa shape index (κ3) is 3.33. The first kappa shape index (κ1) is 17.7. The van der Waals surface area contributed by atoms with Crippen molar-refractivity contribution in [2.75, 3.05) is 17.9 Å². The van der Waals surface area contributed by atoms with E-state index in [-0.39, 0.29) is 28.1 Å². The van der Waals surface area contributed by atoms with Crippen LogP contribution in [-0.4, -0.2) is 36.6 Å². The molecule has 3 heterocycles. The highest BCUT2D eigenvalue weighted by molar-refractivity contribution is 7.92. The molecule has 1 atom stereocenters. The minimum atomic E-state index is -3.91. The summed E-state index contributed by atoms with van der Waals surface area (Å²) in [6.45, 7) is 2.74. The smallest absolute Gasteiger partial charge is 0.266 e. The van der Waals surface area contributed by atoms with E-state index in [9.17, 15) is 12.8 Å². The second-order valence-corrected chi connectivity index (χ2v) is 7.93. The average Bonchev–Trinajstić information content (AvgIpc) is 3.37. The van der Waals surface area contributed by atoms with E-state index in [1.54, 1.807) is 23.7 Å². The summed E-state index contributed by atoms with van der Waals surface area (Å²) < 4.78 is 53.7. The van der Waals surface area contributed by atoms with Gasteiger partial charge in [0.25, 0.3) is 10.0 Å². The Morgan fingerprint density at radius 2 is 2.15 bits per heavy atom. The van der Waals surface area contributed by atoms with Crippen LogP contribution in [0.2, 0.25) is 0 Å². The fourth-order valence-corrected chi connectivity index (χ4v) is 3.90. The number of benzene rings is 1. The van der Waals surface area contributed by atoms with Crippen molar-refractivity contribution >= 4 is 15.8 Å². The lowest BCUT2D eigenvalue weighted by Gasteiger charge is -2.07. The summed E-state index contributed by atoms with van der Waals surface area (Å²) in [4.78, 5) is 0.00393. The van der Waals surface area contributed by atoms with Gasteiger partial charge in [0.05, 0.1) is 24.4 Å². The van der Waals surface area contributed by atoms with Crippen molar-refractivity contribution in [3.63, 3.8) is 0 Å². The fraction of sp³-hybridized carbons (Fsp3) is 0.294. The second kappa shape index (κ2) is 6.78. The molecule has 27 heavy (non-hydrogen) atoms. The third-order valence-electron chi connectivity index (χ3n) is 4.44. The van der Waals surface area contributed by atoms with E-state index in [2.05, 4.69) is 15.0 Å². The van der Waals surface area contributed by atoms with Crippen molar-refractivity contribution in [3.05, 3.63) is 48.0 Å². The molecule has 0 spiro atoms. The number of rotatable bonds is 5. The van der Waals surface area contributed by atoms with E-state index in [0.717, 1.165) is 6.42 Å². The molecule has 1 N–H and O–H groups in total. The van der Waals surface area contributed by atoms with Gasteiger partial charge in [-0.2, -0.15) is 5.10 Å². The normalized spacial score (nSPS) is 17.3. The van der Waals surface area contributed by atoms with Crippen LogP contribution in [-0.2, 0) is 14.8 Å². The van der Waals surface area contributed by atoms with Gasteiger partial charge in [-0.15, -0.1) is 0 Å². The Hall–Kier alpha value is -2.72. The standard InChI is InChI=1S/C17H17FN4O4S/c1-11-16(14-4-2-3-5-15(14)18)26-20-17(11)21-27(23,24)13-8-19-22(9-13)12-6-7-25-10-12/h2-5,8-9,12H,6-7,10H2,1H3,(H,20,21). The van der Waals surface area contributed by atoms with Gasteiger partial charge in [-0.05, 0) is 25.5 Å². The van der Waals surface area contributed by atoms with Crippen LogP contribution in [0.15, 0.2) is 46.1 Å². The zero-order chi connectivity index (χ0) is 19.0. The molecule has 142 valence electrons. The summed E-state index contributed by atoms with van der Waals surface area (Å²) in [6, 6.07) is 6.07. The number of nitrogens with one attached hydrogen (secondary N) is 1. The molecule has 8 nitrogen and oxygen atoms in total. The second-order valence-electron chi connectivity index (χ2n) is 6.24. The van der Waals surface area contributed by atoms with Crippen LogP contribution in [0, 0.1) is 12.7 Å². The molecule has 2 aromatic heterocycles. The Bertz CT molecular complexity index is 1070. The van der Waals surface area contributed by atoms with Crippen LogP contribution >= 0.6 is 0 Å². The maximum atomic E-state index is 14.0. The minimum Gasteiger partial charge on any atom is -0.379 e. The highest BCUT2D eigenvalue weighted by Crippen LogP contribution is 2.31. The molecule has 0 aliphatic carbocycles. The van der Waals surface area contributed by atoms with Crippen LogP contribution in [0.25, 0.3) is 11.3 Å². The molecule has 0 amide bonds. The number of hydrogen-bond donors (Lipinski definition) is 1. The number of hydrogen-bond acceptors (Lipinski definition) is 6. The van der Waals surface area contributed by atoms with E-state index < -0.39 is 15.8 Å². The van der Waals surface area contributed by atoms with E-state index in [1.165, 1.54) is 24.5 Å². The number of sulfonamides is 1. The van der Waals surface area contributed by atoms with Crippen molar-refractivity contribution in [1.82, 2.24) is 14.9 Å². The molecule has 3 aromatic rings. The Morgan fingerprint density at radius 1 is 1.33 bits per heavy atom. The first-order valence-electron chi connectivity index (χ1n) is 8.31. The number of aromatic nitrogens is 3. The van der Waals surface area contributed by atoms with Crippen molar-refractivity contribution in [1.29, 1.82) is 0 Å². The summed E-state index contributed by atoms with van der Waals surface area (Å²) in [6.07, 6.45) is 3.51. The van der Waals surface area contributed by atoms with Gasteiger partial charge in [0.15, 0.2) is 11.6 Å². The molecule has 1 aromatic carbocycles. The maximum Gasteiger partial charge on any atom is 0.266 e. The largest absolute Gasteiger partial charge is 0.379 e. The zero-order valence-corrected chi connectivity index (χ0v) is 15.2. The van der Waals surface area contributed by atoms with Crippen molar-refractivity contribution < 1.29 is 22.1 Å². The molecular formula is C17H17FN4O4S. The molecule has 1 fully saturated rings. The van der Waals surface area contributed by atoms with Crippen molar-refractivity contribution in [2.45, 2.75) is 24.3 Å². The summed E-state index contributed by atoms with van der Waals surface area (Å²) in [5.74, 6) is -0.305. The Morgan fingerprint density at radius 3 is 2.89 bits per heavy atom. The van der Waals surface area contributed by atoms with Gasteiger partial charge < -0.3 is 9.26 Å². The quantitative estimate of drug-likeness (QED) is 0.717. The van der Waals surface area contributed by atoms with Crippen LogP contribution in [0.3, 0.4) is 0 Å². The van der Waals surface area contributed by atoms with E-state index in [1.807, 2.05) is 0 Å². The predicted octanol–water partition coefficient (Wildman–Crippen LogP) is 2.75. The summed E-state index contributed by atoms with van der Waals surface area (Å²) in [5, 5.41) is 7.87. The molecule has 1 unspecified atom stereocenters. The molecule has 0 saturated carbocycles. The van der Waals surface area contributed by atoms with E-state index in [0.29, 0.717) is 18.8 Å². The highest BCUT2D eigenvalue weighted by atomic mass is 32.2. The minimum absolute atomic E-state index is 0.00393. The topological polar surface area (TPSA) is 99.2 Å². The highest BCUT2D eigenvalue weighted by Gasteiger charge is 2.25. The number of anilines is 1. The van der Waals surface area contributed by atoms with Crippen LogP contribution < -0.4 is 4.72 Å². The molecule has 10 heteroatoms. The van der Waals surface area contributed by atoms with Crippen molar-refractivity contribution in [2.24, 2.45) is 0 Å². The van der Waals surface area contributed by atoms with Gasteiger partial charge in [0.1, 0.15) is 10.7 Å². The van der Waals surface area contributed by atoms with Gasteiger partial charge in [-0.3, -0.25) is 9.40 Å². The van der Waals surface area contributed by atoms with Gasteiger partial charge >= 0.3 is 0 Å². The lowest BCUT2D eigenvalue weighted by molar-refractivity contribution is 0.184. The van der Waals surface area contributed by atoms with Gasteiger partial charge in [0.2, 0.25) is 0 Å². The van der Waals surface area contributed by atoms with Crippen LogP contribution in [0.1, 0.15) is 18.0 Å². The van der Waals surface area contributed by atoms with Gasteiger partial charge in [0, 0.05) is 18.4 Å². The average molecular weight is 392 g/mol. The van der Waals surface area contributed by atoms with Gasteiger partial charge in [-0.25, -0.2) is 12.8 Å². The number of ether oxygens (including phenoxy) is 1. The third-order valence-corrected chi connectivity index (χ3v) is 5.73. The Labute approximate surface area is 155 Å². The van der Waals surface area contributed by atoms with Crippen LogP contribution in [0.4, 0.5) is 10.2 Å². The van der Waals surface area contributed by atoms with E-state index in [4.69, 9.17) is 9.26 Å². The fourth-order valence-electron chi connectivity index (χ4n) is 2.90. The van der Waals surface area contributed by atoms with Crippen molar-refractivity contribution in [3.8, 4) is 11.3 Å². The first-order valence-corrected chi connectivity index (χ1v) is 9.80. The molecular weight excluding hydrogens is 375 g/mol. The molecule has 4 rings (SSSR count). The monoisotopic (exact) mass is 392 g/mol.